The quantitative estimate of drug-likeness (QED) is 0.872. The molecule has 0 spiro atoms. The molecule has 0 saturated heterocycles. The average molecular weight is 252 g/mol. The summed E-state index contributed by atoms with van der Waals surface area (Å²) in [5.41, 5.74) is 5.35. The highest BCUT2D eigenvalue weighted by atomic mass is 35.5. The topological polar surface area (TPSA) is 26.0 Å². The Kier molecular flexibility index (Phi) is 4.21. The number of alkyl halides is 3. The number of halogens is 4. The largest absolute Gasteiger partial charge is 0.417 e. The maximum atomic E-state index is 12.5. The molecule has 0 heterocycles. The summed E-state index contributed by atoms with van der Waals surface area (Å²) >= 11 is 5.72. The van der Waals surface area contributed by atoms with Gasteiger partial charge in [-0.1, -0.05) is 30.7 Å². The van der Waals surface area contributed by atoms with Crippen LogP contribution in [0.25, 0.3) is 0 Å². The molecule has 0 aliphatic carbocycles. The third-order valence-electron chi connectivity index (χ3n) is 2.39. The fourth-order valence-corrected chi connectivity index (χ4v) is 1.69. The van der Waals surface area contributed by atoms with Crippen molar-refractivity contribution >= 4 is 11.6 Å². The summed E-state index contributed by atoms with van der Waals surface area (Å²) < 4.78 is 37.6. The van der Waals surface area contributed by atoms with Crippen LogP contribution in [-0.2, 0) is 12.6 Å². The Hall–Kier alpha value is -0.740. The van der Waals surface area contributed by atoms with E-state index in [1.807, 2.05) is 6.92 Å². The molecule has 0 aliphatic rings. The van der Waals surface area contributed by atoms with Gasteiger partial charge in [0.25, 0.3) is 0 Å². The second kappa shape index (κ2) is 5.06. The molecule has 0 saturated carbocycles. The zero-order valence-corrected chi connectivity index (χ0v) is 9.57. The molecule has 1 unspecified atom stereocenters. The summed E-state index contributed by atoms with van der Waals surface area (Å²) in [4.78, 5) is 0. The van der Waals surface area contributed by atoms with E-state index in [9.17, 15) is 13.2 Å². The summed E-state index contributed by atoms with van der Waals surface area (Å²) in [6.45, 7) is 1.88. The van der Waals surface area contributed by atoms with E-state index in [0.29, 0.717) is 18.4 Å². The number of nitrogens with two attached hydrogens (primary N) is 1. The second-order valence-corrected chi connectivity index (χ2v) is 4.03. The van der Waals surface area contributed by atoms with Crippen molar-refractivity contribution in [3.05, 3.63) is 34.3 Å². The molecule has 1 aromatic carbocycles. The lowest BCUT2D eigenvalue weighted by Gasteiger charge is -2.14. The molecule has 0 amide bonds. The predicted molar refractivity (Wildman–Crippen MR) is 58.4 cm³/mol. The Balaban J connectivity index is 3.05. The van der Waals surface area contributed by atoms with Gasteiger partial charge in [0.05, 0.1) is 10.6 Å². The van der Waals surface area contributed by atoms with Crippen molar-refractivity contribution in [3.63, 3.8) is 0 Å². The van der Waals surface area contributed by atoms with Gasteiger partial charge in [-0.25, -0.2) is 0 Å². The lowest BCUT2D eigenvalue weighted by molar-refractivity contribution is -0.137. The fourth-order valence-electron chi connectivity index (χ4n) is 1.38. The molecule has 0 aromatic heterocycles. The maximum absolute atomic E-state index is 12.5. The van der Waals surface area contributed by atoms with Gasteiger partial charge in [0, 0.05) is 6.04 Å². The Morgan fingerprint density at radius 3 is 2.50 bits per heavy atom. The van der Waals surface area contributed by atoms with Gasteiger partial charge in [-0.05, 0) is 24.5 Å². The molecular formula is C11H13ClF3N. The second-order valence-electron chi connectivity index (χ2n) is 3.65. The number of benzene rings is 1. The van der Waals surface area contributed by atoms with Crippen molar-refractivity contribution in [3.8, 4) is 0 Å². The van der Waals surface area contributed by atoms with Gasteiger partial charge in [-0.2, -0.15) is 13.2 Å². The monoisotopic (exact) mass is 251 g/mol. The normalized spacial score (nSPS) is 13.9. The first kappa shape index (κ1) is 13.3. The molecule has 1 aromatic rings. The zero-order valence-electron chi connectivity index (χ0n) is 8.81. The lowest BCUT2D eigenvalue weighted by atomic mass is 10.0. The van der Waals surface area contributed by atoms with Crippen molar-refractivity contribution < 1.29 is 13.2 Å². The Morgan fingerprint density at radius 2 is 2.00 bits per heavy atom. The first-order valence-electron chi connectivity index (χ1n) is 4.96. The van der Waals surface area contributed by atoms with Crippen LogP contribution in [0, 0.1) is 0 Å². The van der Waals surface area contributed by atoms with Crippen LogP contribution in [0.2, 0.25) is 5.02 Å². The maximum Gasteiger partial charge on any atom is 0.417 e. The van der Waals surface area contributed by atoms with Crippen molar-refractivity contribution in [2.45, 2.75) is 32.0 Å². The molecule has 2 N–H and O–H groups in total. The highest BCUT2D eigenvalue weighted by Gasteiger charge is 2.33. The van der Waals surface area contributed by atoms with E-state index in [-0.39, 0.29) is 11.1 Å². The minimum absolute atomic E-state index is 0.166. The summed E-state index contributed by atoms with van der Waals surface area (Å²) in [5.74, 6) is 0. The van der Waals surface area contributed by atoms with Gasteiger partial charge < -0.3 is 5.73 Å². The van der Waals surface area contributed by atoms with Gasteiger partial charge in [-0.3, -0.25) is 0 Å². The molecule has 0 fully saturated rings. The van der Waals surface area contributed by atoms with Crippen molar-refractivity contribution in [2.24, 2.45) is 5.73 Å². The lowest BCUT2D eigenvalue weighted by Crippen LogP contribution is -2.22. The van der Waals surface area contributed by atoms with Gasteiger partial charge in [0.15, 0.2) is 0 Å². The molecule has 0 radical (unpaired) electrons. The van der Waals surface area contributed by atoms with Crippen molar-refractivity contribution in [2.75, 3.05) is 0 Å². The van der Waals surface area contributed by atoms with Crippen LogP contribution in [0.4, 0.5) is 13.2 Å². The van der Waals surface area contributed by atoms with Crippen LogP contribution in [0.1, 0.15) is 24.5 Å². The van der Waals surface area contributed by atoms with Gasteiger partial charge in [0.1, 0.15) is 0 Å². The smallest absolute Gasteiger partial charge is 0.327 e. The van der Waals surface area contributed by atoms with Gasteiger partial charge in [-0.15, -0.1) is 0 Å². The minimum atomic E-state index is -4.41. The van der Waals surface area contributed by atoms with Crippen molar-refractivity contribution in [1.29, 1.82) is 0 Å². The van der Waals surface area contributed by atoms with Crippen LogP contribution in [0.15, 0.2) is 18.2 Å². The average Bonchev–Trinajstić information content (AvgIpc) is 2.19. The molecule has 1 rings (SSSR count). The van der Waals surface area contributed by atoms with Crippen LogP contribution in [0.5, 0.6) is 0 Å². The molecule has 1 nitrogen and oxygen atoms in total. The SMILES string of the molecule is CCC(N)Cc1cccc(C(F)(F)F)c1Cl. The molecule has 90 valence electrons. The molecule has 16 heavy (non-hydrogen) atoms. The van der Waals surface area contributed by atoms with E-state index >= 15 is 0 Å². The third kappa shape index (κ3) is 3.12. The van der Waals surface area contributed by atoms with Gasteiger partial charge >= 0.3 is 6.18 Å². The number of rotatable bonds is 3. The standard InChI is InChI=1S/C11H13ClF3N/c1-2-8(16)6-7-4-3-5-9(10(7)12)11(13,14)15/h3-5,8H,2,6,16H2,1H3. The number of hydrogen-bond acceptors (Lipinski definition) is 1. The molecule has 5 heteroatoms. The molecule has 0 aliphatic heterocycles. The predicted octanol–water partition coefficient (Wildman–Crippen LogP) is 3.64. The first-order valence-corrected chi connectivity index (χ1v) is 5.34. The van der Waals surface area contributed by atoms with E-state index in [4.69, 9.17) is 17.3 Å². The van der Waals surface area contributed by atoms with Gasteiger partial charge in [0.2, 0.25) is 0 Å². The highest BCUT2D eigenvalue weighted by molar-refractivity contribution is 6.32. The molecule has 0 bridgehead atoms. The van der Waals surface area contributed by atoms with E-state index < -0.39 is 11.7 Å². The Morgan fingerprint density at radius 1 is 1.38 bits per heavy atom. The first-order chi connectivity index (χ1) is 7.36. The fraction of sp³-hybridized carbons (Fsp3) is 0.455. The van der Waals surface area contributed by atoms with Crippen molar-refractivity contribution in [1.82, 2.24) is 0 Å². The Bertz CT molecular complexity index is 363. The summed E-state index contributed by atoms with van der Waals surface area (Å²) in [5, 5.41) is -0.237. The van der Waals surface area contributed by atoms with E-state index in [1.165, 1.54) is 6.07 Å². The van der Waals surface area contributed by atoms with E-state index in [0.717, 1.165) is 6.07 Å². The Labute approximate surface area is 97.4 Å². The highest BCUT2D eigenvalue weighted by Crippen LogP contribution is 2.36. The summed E-state index contributed by atoms with van der Waals surface area (Å²) in [7, 11) is 0. The van der Waals surface area contributed by atoms with Crippen LogP contribution in [-0.4, -0.2) is 6.04 Å². The van der Waals surface area contributed by atoms with E-state index in [2.05, 4.69) is 0 Å². The summed E-state index contributed by atoms with van der Waals surface area (Å²) in [6, 6.07) is 3.74. The van der Waals surface area contributed by atoms with Crippen LogP contribution in [0.3, 0.4) is 0 Å². The van der Waals surface area contributed by atoms with Crippen LogP contribution >= 0.6 is 11.6 Å². The van der Waals surface area contributed by atoms with E-state index in [1.54, 1.807) is 6.07 Å². The zero-order chi connectivity index (χ0) is 12.3. The summed E-state index contributed by atoms with van der Waals surface area (Å²) in [6.07, 6.45) is -3.35. The molecular weight excluding hydrogens is 239 g/mol. The number of hydrogen-bond donors (Lipinski definition) is 1. The minimum Gasteiger partial charge on any atom is -0.327 e. The van der Waals surface area contributed by atoms with Crippen LogP contribution < -0.4 is 5.73 Å². The third-order valence-corrected chi connectivity index (χ3v) is 2.84. The molecule has 1 atom stereocenters.